The molecule has 9 heteroatoms. The SMILES string of the molecule is Cc1nc(NCc2ccc(C(=O)Nc3ccc(F)cc3)cc2)nc2c1N(C)C(=O)C1CCCN21. The maximum absolute atomic E-state index is 13.0. The number of rotatable bonds is 5. The topological polar surface area (TPSA) is 90.5 Å². The summed E-state index contributed by atoms with van der Waals surface area (Å²) < 4.78 is 13.0. The van der Waals surface area contributed by atoms with Crippen molar-refractivity contribution in [2.45, 2.75) is 32.4 Å². The van der Waals surface area contributed by atoms with Gasteiger partial charge in [0.2, 0.25) is 11.9 Å². The second-order valence-electron chi connectivity index (χ2n) is 8.57. The zero-order valence-corrected chi connectivity index (χ0v) is 19.0. The van der Waals surface area contributed by atoms with Crippen LogP contribution in [0.3, 0.4) is 0 Å². The molecule has 0 radical (unpaired) electrons. The number of halogens is 1. The minimum Gasteiger partial charge on any atom is -0.350 e. The molecule has 8 nitrogen and oxygen atoms in total. The number of hydrogen-bond donors (Lipinski definition) is 2. The number of aryl methyl sites for hydroxylation is 1. The van der Waals surface area contributed by atoms with Gasteiger partial charge in [-0.3, -0.25) is 9.59 Å². The summed E-state index contributed by atoms with van der Waals surface area (Å²) in [4.78, 5) is 38.2. The highest BCUT2D eigenvalue weighted by Crippen LogP contribution is 2.40. The molecule has 2 N–H and O–H groups in total. The third-order valence-corrected chi connectivity index (χ3v) is 6.28. The summed E-state index contributed by atoms with van der Waals surface area (Å²) in [6.45, 7) is 3.19. The molecule has 1 atom stereocenters. The molecule has 3 aromatic rings. The molecule has 2 aromatic carbocycles. The summed E-state index contributed by atoms with van der Waals surface area (Å²) in [6.07, 6.45) is 1.81. The first-order valence-corrected chi connectivity index (χ1v) is 11.2. The molecule has 5 rings (SSSR count). The first kappa shape index (κ1) is 21.8. The average molecular weight is 461 g/mol. The van der Waals surface area contributed by atoms with Crippen molar-refractivity contribution >= 4 is 35.0 Å². The van der Waals surface area contributed by atoms with Gasteiger partial charge in [0, 0.05) is 31.4 Å². The fourth-order valence-corrected chi connectivity index (χ4v) is 4.53. The number of carbonyl (C=O) groups is 2. The maximum atomic E-state index is 13.0. The van der Waals surface area contributed by atoms with Crippen LogP contribution in [0.15, 0.2) is 48.5 Å². The van der Waals surface area contributed by atoms with E-state index < -0.39 is 0 Å². The number of fused-ring (bicyclic) bond motifs is 3. The lowest BCUT2D eigenvalue weighted by Gasteiger charge is -2.37. The van der Waals surface area contributed by atoms with Gasteiger partial charge >= 0.3 is 0 Å². The van der Waals surface area contributed by atoms with Gasteiger partial charge in [-0.1, -0.05) is 12.1 Å². The van der Waals surface area contributed by atoms with Gasteiger partial charge in [0.05, 0.1) is 5.69 Å². The van der Waals surface area contributed by atoms with E-state index in [4.69, 9.17) is 4.98 Å². The van der Waals surface area contributed by atoms with E-state index in [1.54, 1.807) is 24.1 Å². The molecule has 1 fully saturated rings. The van der Waals surface area contributed by atoms with Gasteiger partial charge in [-0.15, -0.1) is 0 Å². The van der Waals surface area contributed by atoms with Crippen LogP contribution >= 0.6 is 0 Å². The molecule has 0 bridgehead atoms. The lowest BCUT2D eigenvalue weighted by molar-refractivity contribution is -0.119. The monoisotopic (exact) mass is 460 g/mol. The van der Waals surface area contributed by atoms with Gasteiger partial charge in [-0.2, -0.15) is 4.98 Å². The Labute approximate surface area is 196 Å². The third kappa shape index (κ3) is 4.05. The lowest BCUT2D eigenvalue weighted by atomic mass is 10.1. The molecule has 174 valence electrons. The second-order valence-corrected chi connectivity index (χ2v) is 8.57. The molecule has 1 unspecified atom stereocenters. The van der Waals surface area contributed by atoms with E-state index in [1.807, 2.05) is 19.1 Å². The van der Waals surface area contributed by atoms with E-state index >= 15 is 0 Å². The normalized spacial score (nSPS) is 16.8. The Morgan fingerprint density at radius 1 is 1.12 bits per heavy atom. The first-order valence-electron chi connectivity index (χ1n) is 11.2. The number of carbonyl (C=O) groups excluding carboxylic acids is 2. The van der Waals surface area contributed by atoms with Gasteiger partial charge in [0.15, 0.2) is 5.82 Å². The molecule has 1 aromatic heterocycles. The van der Waals surface area contributed by atoms with Crippen LogP contribution in [-0.2, 0) is 11.3 Å². The fourth-order valence-electron chi connectivity index (χ4n) is 4.53. The van der Waals surface area contributed by atoms with Crippen LogP contribution in [0.1, 0.15) is 34.5 Å². The molecule has 0 aliphatic carbocycles. The van der Waals surface area contributed by atoms with Crippen molar-refractivity contribution in [2.24, 2.45) is 0 Å². The molecule has 1 saturated heterocycles. The molecule has 0 spiro atoms. The Bertz CT molecular complexity index is 1250. The molecule has 34 heavy (non-hydrogen) atoms. The predicted molar refractivity (Wildman–Crippen MR) is 129 cm³/mol. The van der Waals surface area contributed by atoms with Gasteiger partial charge in [0.1, 0.15) is 17.5 Å². The summed E-state index contributed by atoms with van der Waals surface area (Å²) in [5.74, 6) is 0.781. The third-order valence-electron chi connectivity index (χ3n) is 6.28. The largest absolute Gasteiger partial charge is 0.350 e. The van der Waals surface area contributed by atoms with Crippen LogP contribution in [0.25, 0.3) is 0 Å². The van der Waals surface area contributed by atoms with Crippen LogP contribution in [0.2, 0.25) is 0 Å². The van der Waals surface area contributed by atoms with Crippen molar-refractivity contribution in [1.82, 2.24) is 9.97 Å². The van der Waals surface area contributed by atoms with Crippen LogP contribution in [0, 0.1) is 12.7 Å². The van der Waals surface area contributed by atoms with E-state index in [0.717, 1.165) is 42.1 Å². The zero-order valence-electron chi connectivity index (χ0n) is 19.0. The highest BCUT2D eigenvalue weighted by Gasteiger charge is 2.41. The lowest BCUT2D eigenvalue weighted by Crippen LogP contribution is -2.49. The predicted octanol–water partition coefficient (Wildman–Crippen LogP) is 3.73. The van der Waals surface area contributed by atoms with Gasteiger partial charge < -0.3 is 20.4 Å². The Balaban J connectivity index is 1.27. The van der Waals surface area contributed by atoms with E-state index in [1.165, 1.54) is 24.3 Å². The standard InChI is InChI=1S/C25H25FN6O2/c1-15-21-22(32-13-3-4-20(32)24(34)31(21)2)30-25(28-15)27-14-16-5-7-17(8-6-16)23(33)29-19-11-9-18(26)10-12-19/h5-12,20H,3-4,13-14H2,1-2H3,(H,29,33)(H,27,28,30). The van der Waals surface area contributed by atoms with E-state index in [0.29, 0.717) is 23.7 Å². The Hall–Kier alpha value is -4.01. The van der Waals surface area contributed by atoms with E-state index in [9.17, 15) is 14.0 Å². The molecular weight excluding hydrogens is 435 g/mol. The number of anilines is 4. The van der Waals surface area contributed by atoms with Gasteiger partial charge in [-0.05, 0) is 61.7 Å². The van der Waals surface area contributed by atoms with Crippen molar-refractivity contribution in [3.63, 3.8) is 0 Å². The van der Waals surface area contributed by atoms with E-state index in [-0.39, 0.29) is 23.7 Å². The zero-order chi connectivity index (χ0) is 23.8. The van der Waals surface area contributed by atoms with Crippen molar-refractivity contribution in [3.05, 3.63) is 71.2 Å². The number of amides is 2. The minimum atomic E-state index is -0.353. The van der Waals surface area contributed by atoms with Crippen LogP contribution in [0.4, 0.5) is 27.5 Å². The number of aromatic nitrogens is 2. The van der Waals surface area contributed by atoms with Gasteiger partial charge in [0.25, 0.3) is 5.91 Å². The molecule has 0 saturated carbocycles. The van der Waals surface area contributed by atoms with E-state index in [2.05, 4.69) is 20.5 Å². The summed E-state index contributed by atoms with van der Waals surface area (Å²) >= 11 is 0. The number of benzene rings is 2. The van der Waals surface area contributed by atoms with Crippen molar-refractivity contribution in [1.29, 1.82) is 0 Å². The highest BCUT2D eigenvalue weighted by molar-refractivity contribution is 6.05. The highest BCUT2D eigenvalue weighted by atomic mass is 19.1. The smallest absolute Gasteiger partial charge is 0.255 e. The first-order chi connectivity index (χ1) is 16.4. The summed E-state index contributed by atoms with van der Waals surface area (Å²) in [5.41, 5.74) is 3.52. The minimum absolute atomic E-state index is 0.0981. The van der Waals surface area contributed by atoms with Crippen LogP contribution < -0.4 is 20.4 Å². The van der Waals surface area contributed by atoms with Crippen LogP contribution in [0.5, 0.6) is 0 Å². The number of nitrogens with one attached hydrogen (secondary N) is 2. The molecular formula is C25H25FN6O2. The average Bonchev–Trinajstić information content (AvgIpc) is 3.33. The Morgan fingerprint density at radius 2 is 1.85 bits per heavy atom. The molecule has 2 amide bonds. The Kier molecular flexibility index (Phi) is 5.61. The molecule has 3 heterocycles. The second kappa shape index (κ2) is 8.74. The van der Waals surface area contributed by atoms with Gasteiger partial charge in [-0.25, -0.2) is 9.37 Å². The number of hydrogen-bond acceptors (Lipinski definition) is 6. The van der Waals surface area contributed by atoms with Crippen molar-refractivity contribution in [3.8, 4) is 0 Å². The molecule has 2 aliphatic rings. The van der Waals surface area contributed by atoms with Crippen molar-refractivity contribution in [2.75, 3.05) is 34.0 Å². The maximum Gasteiger partial charge on any atom is 0.255 e. The van der Waals surface area contributed by atoms with Crippen molar-refractivity contribution < 1.29 is 14.0 Å². The summed E-state index contributed by atoms with van der Waals surface area (Å²) in [6, 6.07) is 12.7. The summed E-state index contributed by atoms with van der Waals surface area (Å²) in [7, 11) is 1.79. The fraction of sp³-hybridized carbons (Fsp3) is 0.280. The number of nitrogens with zero attached hydrogens (tertiary/aromatic N) is 4. The summed E-state index contributed by atoms with van der Waals surface area (Å²) in [5, 5.41) is 6.01. The van der Waals surface area contributed by atoms with Crippen LogP contribution in [-0.4, -0.2) is 41.4 Å². The molecule has 2 aliphatic heterocycles. The number of likely N-dealkylation sites (N-methyl/N-ethyl adjacent to an activating group) is 1. The Morgan fingerprint density at radius 3 is 2.59 bits per heavy atom. The quantitative estimate of drug-likeness (QED) is 0.603.